The van der Waals surface area contributed by atoms with Gasteiger partial charge in [0.1, 0.15) is 11.3 Å². The second-order valence-electron chi connectivity index (χ2n) is 6.81. The number of pyridine rings is 1. The van der Waals surface area contributed by atoms with Gasteiger partial charge in [0.15, 0.2) is 5.78 Å². The minimum Gasteiger partial charge on any atom is -0.289 e. The maximum atomic E-state index is 12.6. The Kier molecular flexibility index (Phi) is 6.23. The van der Waals surface area contributed by atoms with E-state index in [4.69, 9.17) is 34.8 Å². The predicted octanol–water partition coefficient (Wildman–Crippen LogP) is 4.10. The fraction of sp³-hybridized carbons (Fsp3) is 0.0455. The molecule has 0 fully saturated rings. The van der Waals surface area contributed by atoms with Gasteiger partial charge in [0.2, 0.25) is 0 Å². The van der Waals surface area contributed by atoms with Crippen molar-refractivity contribution in [3.63, 3.8) is 0 Å². The zero-order valence-corrected chi connectivity index (χ0v) is 18.4. The number of hydrogen-bond acceptors (Lipinski definition) is 5. The van der Waals surface area contributed by atoms with Gasteiger partial charge >= 0.3 is 5.69 Å². The third-order valence-electron chi connectivity index (χ3n) is 4.67. The number of aromatic nitrogens is 4. The van der Waals surface area contributed by atoms with Crippen LogP contribution in [0.4, 0.5) is 0 Å². The summed E-state index contributed by atoms with van der Waals surface area (Å²) in [6.45, 7) is 0. The van der Waals surface area contributed by atoms with Crippen molar-refractivity contribution < 1.29 is 4.79 Å². The van der Waals surface area contributed by atoms with Gasteiger partial charge in [0.25, 0.3) is 5.56 Å². The Bertz CT molecular complexity index is 1410. The number of rotatable bonds is 5. The lowest BCUT2D eigenvalue weighted by molar-refractivity contribution is 0.103. The molecule has 0 amide bonds. The molecule has 4 rings (SSSR count). The molecular formula is C22H13Cl3N4O3. The minimum absolute atomic E-state index is 0.167. The summed E-state index contributed by atoms with van der Waals surface area (Å²) < 4.78 is 0.995. The lowest BCUT2D eigenvalue weighted by Crippen LogP contribution is -2.30. The Balaban J connectivity index is 1.57. The topological polar surface area (TPSA) is 97.7 Å². The highest BCUT2D eigenvalue weighted by atomic mass is 35.5. The molecule has 0 aliphatic carbocycles. The van der Waals surface area contributed by atoms with Crippen LogP contribution >= 0.6 is 34.8 Å². The van der Waals surface area contributed by atoms with Gasteiger partial charge in [-0.15, -0.1) is 0 Å². The number of nitrogens with zero attached hydrogens (tertiary/aromatic N) is 3. The van der Waals surface area contributed by atoms with Gasteiger partial charge in [-0.3, -0.25) is 14.6 Å². The molecule has 160 valence electrons. The van der Waals surface area contributed by atoms with Crippen molar-refractivity contribution in [3.8, 4) is 5.69 Å². The van der Waals surface area contributed by atoms with E-state index in [0.29, 0.717) is 44.0 Å². The number of aromatic amines is 1. The largest absolute Gasteiger partial charge is 0.349 e. The van der Waals surface area contributed by atoms with Crippen LogP contribution in [0.25, 0.3) is 5.69 Å². The van der Waals surface area contributed by atoms with Crippen molar-refractivity contribution in [1.82, 2.24) is 19.7 Å². The number of carbonyl (C=O) groups is 1. The first-order valence-electron chi connectivity index (χ1n) is 9.24. The van der Waals surface area contributed by atoms with Crippen LogP contribution in [0.15, 0.2) is 70.5 Å². The molecule has 2 aromatic heterocycles. The first kappa shape index (κ1) is 22.0. The predicted molar refractivity (Wildman–Crippen MR) is 122 cm³/mol. The Labute approximate surface area is 196 Å². The van der Waals surface area contributed by atoms with Crippen molar-refractivity contribution in [2.45, 2.75) is 6.42 Å². The third-order valence-corrected chi connectivity index (χ3v) is 5.57. The molecule has 2 heterocycles. The first-order chi connectivity index (χ1) is 15.3. The van der Waals surface area contributed by atoms with Crippen molar-refractivity contribution in [1.29, 1.82) is 0 Å². The van der Waals surface area contributed by atoms with Gasteiger partial charge in [-0.2, -0.15) is 9.78 Å². The summed E-state index contributed by atoms with van der Waals surface area (Å²) in [6.07, 6.45) is 2.82. The molecule has 32 heavy (non-hydrogen) atoms. The van der Waals surface area contributed by atoms with Crippen LogP contribution < -0.4 is 11.2 Å². The van der Waals surface area contributed by atoms with Crippen LogP contribution in [0, 0.1) is 0 Å². The van der Waals surface area contributed by atoms with Gasteiger partial charge in [-0.05, 0) is 35.4 Å². The van der Waals surface area contributed by atoms with Crippen LogP contribution in [-0.2, 0) is 6.42 Å². The molecule has 0 spiro atoms. The van der Waals surface area contributed by atoms with Gasteiger partial charge in [0.05, 0.1) is 5.69 Å². The molecule has 0 saturated carbocycles. The molecule has 0 aliphatic heterocycles. The minimum atomic E-state index is -0.700. The SMILES string of the molecule is O=C(c1ccc(Cc2c(Cl)cc(-n3ncc(=O)[nH]c3=O)cc2Cl)cc1)c1ccc(Cl)nc1. The summed E-state index contributed by atoms with van der Waals surface area (Å²) in [7, 11) is 0. The number of H-pyrrole nitrogens is 1. The molecule has 1 N–H and O–H groups in total. The average Bonchev–Trinajstić information content (AvgIpc) is 2.76. The molecule has 0 saturated heterocycles. The third kappa shape index (κ3) is 4.65. The fourth-order valence-electron chi connectivity index (χ4n) is 3.07. The average molecular weight is 488 g/mol. The van der Waals surface area contributed by atoms with Gasteiger partial charge in [0, 0.05) is 33.8 Å². The lowest BCUT2D eigenvalue weighted by Gasteiger charge is -2.11. The lowest BCUT2D eigenvalue weighted by atomic mass is 10.00. The van der Waals surface area contributed by atoms with Gasteiger partial charge < -0.3 is 0 Å². The van der Waals surface area contributed by atoms with E-state index >= 15 is 0 Å². The number of hydrogen-bond donors (Lipinski definition) is 1. The smallest absolute Gasteiger partial charge is 0.289 e. The van der Waals surface area contributed by atoms with Crippen molar-refractivity contribution in [2.24, 2.45) is 0 Å². The molecule has 10 heteroatoms. The maximum absolute atomic E-state index is 12.6. The van der Waals surface area contributed by atoms with E-state index in [-0.39, 0.29) is 5.78 Å². The second kappa shape index (κ2) is 9.08. The van der Waals surface area contributed by atoms with Crippen molar-refractivity contribution in [3.05, 3.63) is 119 Å². The quantitative estimate of drug-likeness (QED) is 0.338. The number of ketones is 1. The highest BCUT2D eigenvalue weighted by Crippen LogP contribution is 2.30. The monoisotopic (exact) mass is 486 g/mol. The molecule has 7 nitrogen and oxygen atoms in total. The van der Waals surface area contributed by atoms with E-state index in [1.165, 1.54) is 6.20 Å². The Morgan fingerprint density at radius 1 is 0.906 bits per heavy atom. The van der Waals surface area contributed by atoms with Crippen LogP contribution in [0.1, 0.15) is 27.0 Å². The highest BCUT2D eigenvalue weighted by Gasteiger charge is 2.14. The summed E-state index contributed by atoms with van der Waals surface area (Å²) in [5, 5.41) is 4.78. The van der Waals surface area contributed by atoms with E-state index in [2.05, 4.69) is 15.1 Å². The zero-order chi connectivity index (χ0) is 22.8. The van der Waals surface area contributed by atoms with Crippen LogP contribution in [-0.4, -0.2) is 25.5 Å². The summed E-state index contributed by atoms with van der Waals surface area (Å²) in [5.41, 5.74) is 1.50. The molecule has 4 aromatic rings. The summed E-state index contributed by atoms with van der Waals surface area (Å²) >= 11 is 18.6. The highest BCUT2D eigenvalue weighted by molar-refractivity contribution is 6.36. The Hall–Kier alpha value is -3.26. The summed E-state index contributed by atoms with van der Waals surface area (Å²) in [5.74, 6) is -0.167. The summed E-state index contributed by atoms with van der Waals surface area (Å²) in [6, 6.07) is 13.3. The van der Waals surface area contributed by atoms with Crippen molar-refractivity contribution >= 4 is 40.6 Å². The van der Waals surface area contributed by atoms with Gasteiger partial charge in [-0.25, -0.2) is 9.78 Å². The fourth-order valence-corrected chi connectivity index (χ4v) is 3.79. The van der Waals surface area contributed by atoms with Gasteiger partial charge in [-0.1, -0.05) is 59.1 Å². The first-order valence-corrected chi connectivity index (χ1v) is 10.4. The van der Waals surface area contributed by atoms with E-state index in [1.807, 2.05) is 12.1 Å². The molecule has 2 aromatic carbocycles. The second-order valence-corrected chi connectivity index (χ2v) is 8.01. The Morgan fingerprint density at radius 2 is 1.56 bits per heavy atom. The van der Waals surface area contributed by atoms with E-state index in [0.717, 1.165) is 16.4 Å². The molecular weight excluding hydrogens is 475 g/mol. The molecule has 0 unspecified atom stereocenters. The van der Waals surface area contributed by atoms with Crippen LogP contribution in [0.3, 0.4) is 0 Å². The molecule has 0 radical (unpaired) electrons. The number of carbonyl (C=O) groups excluding carboxylic acids is 1. The molecule has 0 bridgehead atoms. The van der Waals surface area contributed by atoms with Crippen LogP contribution in [0.5, 0.6) is 0 Å². The number of benzene rings is 2. The van der Waals surface area contributed by atoms with E-state index in [9.17, 15) is 14.4 Å². The molecule has 0 aliphatic rings. The summed E-state index contributed by atoms with van der Waals surface area (Å²) in [4.78, 5) is 41.8. The standard InChI is InChI=1S/C22H13Cl3N4O3/c23-17-8-15(29-22(32)28-20(30)11-27-29)9-18(24)16(17)7-12-1-3-13(4-2-12)21(31)14-5-6-19(25)26-10-14/h1-6,8-11H,7H2,(H,28,30,32). The molecule has 0 atom stereocenters. The van der Waals surface area contributed by atoms with Crippen LogP contribution in [0.2, 0.25) is 15.2 Å². The normalized spacial score (nSPS) is 10.8. The Morgan fingerprint density at radius 3 is 2.16 bits per heavy atom. The number of halogens is 3. The van der Waals surface area contributed by atoms with Crippen molar-refractivity contribution in [2.75, 3.05) is 0 Å². The van der Waals surface area contributed by atoms with E-state index in [1.54, 1.807) is 36.4 Å². The number of nitrogens with one attached hydrogen (secondary N) is 1. The maximum Gasteiger partial charge on any atom is 0.349 e. The van der Waals surface area contributed by atoms with E-state index < -0.39 is 11.2 Å². The zero-order valence-electron chi connectivity index (χ0n) is 16.2.